The number of thiazole rings is 1. The van der Waals surface area contributed by atoms with Gasteiger partial charge in [-0.3, -0.25) is 9.59 Å². The molecule has 9 nitrogen and oxygen atoms in total. The van der Waals surface area contributed by atoms with Gasteiger partial charge in [0, 0.05) is 12.3 Å². The van der Waals surface area contributed by atoms with Gasteiger partial charge in [0.2, 0.25) is 6.79 Å². The number of benzene rings is 2. The quantitative estimate of drug-likeness (QED) is 0.411. The summed E-state index contributed by atoms with van der Waals surface area (Å²) in [5.41, 5.74) is 1.30. The highest BCUT2D eigenvalue weighted by molar-refractivity contribution is 7.90. The van der Waals surface area contributed by atoms with Crippen LogP contribution in [0.5, 0.6) is 11.5 Å². The van der Waals surface area contributed by atoms with Gasteiger partial charge in [0.15, 0.2) is 26.1 Å². The minimum absolute atomic E-state index is 0.136. The molecule has 4 rings (SSSR count). The van der Waals surface area contributed by atoms with E-state index in [1.807, 2.05) is 0 Å². The summed E-state index contributed by atoms with van der Waals surface area (Å²) in [6.45, 7) is -0.0172. The van der Waals surface area contributed by atoms with E-state index in [0.717, 1.165) is 23.2 Å². The number of hydrogen-bond donors (Lipinski definition) is 0. The number of carbonyl (C=O) groups excluding carboxylic acids is 2. The summed E-state index contributed by atoms with van der Waals surface area (Å²) in [5.74, 6) is 0.164. The molecule has 3 aromatic rings. The van der Waals surface area contributed by atoms with Gasteiger partial charge in [0.1, 0.15) is 6.54 Å². The van der Waals surface area contributed by atoms with Crippen LogP contribution in [0.1, 0.15) is 5.56 Å². The minimum Gasteiger partial charge on any atom is -0.468 e. The van der Waals surface area contributed by atoms with E-state index in [2.05, 4.69) is 4.99 Å². The number of amides is 1. The van der Waals surface area contributed by atoms with Crippen molar-refractivity contribution in [1.29, 1.82) is 0 Å². The normalized spacial score (nSPS) is 13.8. The molecule has 0 spiro atoms. The Bertz CT molecular complexity index is 1430. The number of aromatic nitrogens is 1. The van der Waals surface area contributed by atoms with E-state index >= 15 is 0 Å². The van der Waals surface area contributed by atoms with Crippen LogP contribution in [-0.2, 0) is 30.7 Å². The number of methoxy groups -OCH3 is 1. The molecule has 166 valence electrons. The zero-order valence-corrected chi connectivity index (χ0v) is 18.7. The van der Waals surface area contributed by atoms with Gasteiger partial charge in [-0.25, -0.2) is 8.42 Å². The zero-order valence-electron chi connectivity index (χ0n) is 17.1. The van der Waals surface area contributed by atoms with Crippen molar-refractivity contribution in [3.05, 3.63) is 52.8 Å². The number of carbonyl (C=O) groups is 2. The molecule has 0 saturated heterocycles. The fraction of sp³-hybridized carbons (Fsp3) is 0.190. The first-order valence-corrected chi connectivity index (χ1v) is 12.0. The van der Waals surface area contributed by atoms with Crippen molar-refractivity contribution in [1.82, 2.24) is 4.57 Å². The fourth-order valence-corrected chi connectivity index (χ4v) is 4.83. The van der Waals surface area contributed by atoms with Crippen LogP contribution in [0, 0.1) is 0 Å². The highest BCUT2D eigenvalue weighted by atomic mass is 32.2. The van der Waals surface area contributed by atoms with Gasteiger partial charge < -0.3 is 18.8 Å². The van der Waals surface area contributed by atoms with Crippen LogP contribution in [0.3, 0.4) is 0 Å². The largest absolute Gasteiger partial charge is 0.468 e. The maximum Gasteiger partial charge on any atom is 0.325 e. The van der Waals surface area contributed by atoms with Crippen LogP contribution in [0.2, 0.25) is 0 Å². The number of fused-ring (bicyclic) bond motifs is 2. The van der Waals surface area contributed by atoms with E-state index in [0.29, 0.717) is 21.7 Å². The Morgan fingerprint density at radius 1 is 1.19 bits per heavy atom. The van der Waals surface area contributed by atoms with Crippen LogP contribution in [0.4, 0.5) is 0 Å². The third-order valence-electron chi connectivity index (χ3n) is 4.62. The monoisotopic (exact) mass is 474 g/mol. The number of rotatable bonds is 5. The Morgan fingerprint density at radius 2 is 1.97 bits per heavy atom. The lowest BCUT2D eigenvalue weighted by Crippen LogP contribution is -2.22. The summed E-state index contributed by atoms with van der Waals surface area (Å²) >= 11 is 1.11. The lowest BCUT2D eigenvalue weighted by molar-refractivity contribution is -0.141. The van der Waals surface area contributed by atoms with E-state index in [9.17, 15) is 18.0 Å². The molecule has 2 heterocycles. The molecule has 0 N–H and O–H groups in total. The Balaban J connectivity index is 1.71. The van der Waals surface area contributed by atoms with E-state index in [1.165, 1.54) is 29.9 Å². The molecule has 0 saturated carbocycles. The standard InChI is InChI=1S/C21H18N2O7S2/c1-28-20(25)11-23-15-6-5-14(32(2,26)27)10-18(15)31-21(23)22-19(24)8-4-13-3-7-16-17(9-13)30-12-29-16/h3-10H,11-12H2,1-2H3/b8-4-,22-21?. The molecule has 0 atom stereocenters. The summed E-state index contributed by atoms with van der Waals surface area (Å²) in [7, 11) is -2.16. The maximum atomic E-state index is 12.5. The molecule has 0 bridgehead atoms. The van der Waals surface area contributed by atoms with Crippen LogP contribution < -0.4 is 14.3 Å². The van der Waals surface area contributed by atoms with E-state index in [4.69, 9.17) is 14.2 Å². The number of hydrogen-bond acceptors (Lipinski definition) is 8. The maximum absolute atomic E-state index is 12.5. The summed E-state index contributed by atoms with van der Waals surface area (Å²) in [4.78, 5) is 28.9. The molecule has 1 aliphatic heterocycles. The van der Waals surface area contributed by atoms with E-state index < -0.39 is 21.7 Å². The van der Waals surface area contributed by atoms with Crippen molar-refractivity contribution in [2.45, 2.75) is 11.4 Å². The van der Waals surface area contributed by atoms with Crippen molar-refractivity contribution in [2.75, 3.05) is 20.2 Å². The fourth-order valence-electron chi connectivity index (χ4n) is 3.03. The highest BCUT2D eigenvalue weighted by Gasteiger charge is 2.15. The number of nitrogens with zero attached hydrogens (tertiary/aromatic N) is 2. The number of ether oxygens (including phenoxy) is 3. The first-order chi connectivity index (χ1) is 15.2. The van der Waals surface area contributed by atoms with Crippen LogP contribution in [0.25, 0.3) is 16.3 Å². The summed E-state index contributed by atoms with van der Waals surface area (Å²) in [5, 5.41) is 0. The molecule has 0 fully saturated rings. The van der Waals surface area contributed by atoms with Crippen LogP contribution in [0.15, 0.2) is 52.4 Å². The summed E-state index contributed by atoms with van der Waals surface area (Å²) in [6, 6.07) is 9.80. The second-order valence-electron chi connectivity index (χ2n) is 6.84. The molecular formula is C21H18N2O7S2. The van der Waals surface area contributed by atoms with Crippen molar-refractivity contribution in [3.8, 4) is 11.5 Å². The van der Waals surface area contributed by atoms with E-state index in [1.54, 1.807) is 30.3 Å². The Hall–Kier alpha value is -3.44. The predicted molar refractivity (Wildman–Crippen MR) is 117 cm³/mol. The van der Waals surface area contributed by atoms with Crippen molar-refractivity contribution >= 4 is 49.3 Å². The molecule has 0 radical (unpaired) electrons. The number of sulfone groups is 1. The van der Waals surface area contributed by atoms with Gasteiger partial charge in [0.05, 0.1) is 22.2 Å². The van der Waals surface area contributed by atoms with Gasteiger partial charge in [-0.05, 0) is 42.0 Å². The molecule has 32 heavy (non-hydrogen) atoms. The molecule has 1 aromatic heterocycles. The molecule has 2 aromatic carbocycles. The van der Waals surface area contributed by atoms with Gasteiger partial charge >= 0.3 is 5.97 Å². The number of esters is 1. The average molecular weight is 475 g/mol. The van der Waals surface area contributed by atoms with Crippen molar-refractivity contribution in [2.24, 2.45) is 4.99 Å². The molecule has 1 amide bonds. The summed E-state index contributed by atoms with van der Waals surface area (Å²) < 4.78 is 41.2. The van der Waals surface area contributed by atoms with Crippen molar-refractivity contribution < 1.29 is 32.2 Å². The first kappa shape index (κ1) is 21.8. The van der Waals surface area contributed by atoms with Crippen LogP contribution in [-0.4, -0.2) is 45.0 Å². The van der Waals surface area contributed by atoms with Gasteiger partial charge in [-0.1, -0.05) is 17.4 Å². The molecule has 1 aliphatic rings. The van der Waals surface area contributed by atoms with Gasteiger partial charge in [-0.15, -0.1) is 0 Å². The highest BCUT2D eigenvalue weighted by Crippen LogP contribution is 2.32. The first-order valence-electron chi connectivity index (χ1n) is 9.31. The lowest BCUT2D eigenvalue weighted by atomic mass is 10.2. The van der Waals surface area contributed by atoms with Crippen LogP contribution >= 0.6 is 11.3 Å². The molecule has 0 aliphatic carbocycles. The minimum atomic E-state index is -3.41. The lowest BCUT2D eigenvalue weighted by Gasteiger charge is -2.04. The Labute approximate surface area is 187 Å². The van der Waals surface area contributed by atoms with Gasteiger partial charge in [0.25, 0.3) is 5.91 Å². The van der Waals surface area contributed by atoms with E-state index in [-0.39, 0.29) is 23.0 Å². The third-order valence-corrected chi connectivity index (χ3v) is 6.77. The Kier molecular flexibility index (Phi) is 5.85. The average Bonchev–Trinajstić information content (AvgIpc) is 3.35. The van der Waals surface area contributed by atoms with Gasteiger partial charge in [-0.2, -0.15) is 4.99 Å². The molecule has 11 heteroatoms. The molecule has 0 unspecified atom stereocenters. The second kappa shape index (κ2) is 8.60. The summed E-state index contributed by atoms with van der Waals surface area (Å²) in [6.07, 6.45) is 4.00. The predicted octanol–water partition coefficient (Wildman–Crippen LogP) is 2.15. The topological polar surface area (TPSA) is 113 Å². The van der Waals surface area contributed by atoms with Crippen molar-refractivity contribution in [3.63, 3.8) is 0 Å². The zero-order chi connectivity index (χ0) is 22.9. The third kappa shape index (κ3) is 4.58. The smallest absolute Gasteiger partial charge is 0.325 e. The SMILES string of the molecule is COC(=O)Cn1c(=NC(=O)/C=C\c2ccc3c(c2)OCO3)sc2cc(S(C)(=O)=O)ccc21. The second-order valence-corrected chi connectivity index (χ2v) is 9.87. The Morgan fingerprint density at radius 3 is 2.72 bits per heavy atom. The molecular weight excluding hydrogens is 456 g/mol.